The van der Waals surface area contributed by atoms with E-state index in [0.717, 1.165) is 6.04 Å². The Labute approximate surface area is 119 Å². The number of piperazine rings is 1. The Bertz CT molecular complexity index is 259. The molecular weight excluding hydrogens is 236 g/mol. The maximum atomic E-state index is 3.67. The summed E-state index contributed by atoms with van der Waals surface area (Å²) < 4.78 is 0. The van der Waals surface area contributed by atoms with Crippen LogP contribution in [0.15, 0.2) is 0 Å². The van der Waals surface area contributed by atoms with Gasteiger partial charge in [0.05, 0.1) is 0 Å². The molecule has 4 nitrogen and oxygen atoms in total. The van der Waals surface area contributed by atoms with Crippen LogP contribution in [0.1, 0.15) is 26.2 Å². The normalized spacial score (nSPS) is 33.0. The lowest BCUT2D eigenvalue weighted by Gasteiger charge is -2.41. The van der Waals surface area contributed by atoms with Gasteiger partial charge in [-0.05, 0) is 53.0 Å². The molecule has 112 valence electrons. The van der Waals surface area contributed by atoms with E-state index in [1.54, 1.807) is 0 Å². The van der Waals surface area contributed by atoms with Gasteiger partial charge in [0.1, 0.15) is 0 Å². The molecule has 2 rings (SSSR count). The standard InChI is InChI=1S/C15H32N4/c1-4-14-6-9-19(8-5-7-16-14)13-15-12-17(2)10-11-18(15)3/h14-16H,4-13H2,1-3H3. The molecule has 2 atom stereocenters. The Morgan fingerprint density at radius 2 is 1.95 bits per heavy atom. The molecule has 2 heterocycles. The van der Waals surface area contributed by atoms with Crippen LogP contribution >= 0.6 is 0 Å². The smallest absolute Gasteiger partial charge is 0.0347 e. The topological polar surface area (TPSA) is 21.8 Å². The fourth-order valence-electron chi connectivity index (χ4n) is 3.29. The molecule has 0 aliphatic carbocycles. The summed E-state index contributed by atoms with van der Waals surface area (Å²) in [7, 11) is 4.54. The van der Waals surface area contributed by atoms with Crippen molar-refractivity contribution in [2.24, 2.45) is 0 Å². The van der Waals surface area contributed by atoms with E-state index in [2.05, 4.69) is 41.0 Å². The largest absolute Gasteiger partial charge is 0.314 e. The predicted molar refractivity (Wildman–Crippen MR) is 81.7 cm³/mol. The summed E-state index contributed by atoms with van der Waals surface area (Å²) in [6.07, 6.45) is 3.87. The van der Waals surface area contributed by atoms with E-state index in [1.807, 2.05) is 0 Å². The van der Waals surface area contributed by atoms with E-state index in [4.69, 9.17) is 0 Å². The summed E-state index contributed by atoms with van der Waals surface area (Å²) in [6.45, 7) is 10.9. The highest BCUT2D eigenvalue weighted by Gasteiger charge is 2.24. The zero-order chi connectivity index (χ0) is 13.7. The molecule has 4 heteroatoms. The zero-order valence-electron chi connectivity index (χ0n) is 13.1. The van der Waals surface area contributed by atoms with Gasteiger partial charge in [0.15, 0.2) is 0 Å². The van der Waals surface area contributed by atoms with Crippen LogP contribution in [-0.4, -0.2) is 86.7 Å². The van der Waals surface area contributed by atoms with E-state index in [0.29, 0.717) is 6.04 Å². The van der Waals surface area contributed by atoms with Gasteiger partial charge < -0.3 is 15.1 Å². The molecule has 0 aromatic rings. The van der Waals surface area contributed by atoms with Crippen LogP contribution in [0, 0.1) is 0 Å². The van der Waals surface area contributed by atoms with Gasteiger partial charge in [-0.1, -0.05) is 6.92 Å². The molecule has 2 aliphatic rings. The third-order valence-corrected chi connectivity index (χ3v) is 4.82. The molecule has 2 saturated heterocycles. The summed E-state index contributed by atoms with van der Waals surface area (Å²) in [6, 6.07) is 1.45. The Balaban J connectivity index is 1.82. The lowest BCUT2D eigenvalue weighted by Crippen LogP contribution is -2.55. The maximum Gasteiger partial charge on any atom is 0.0347 e. The quantitative estimate of drug-likeness (QED) is 0.813. The number of hydrogen-bond acceptors (Lipinski definition) is 4. The first kappa shape index (κ1) is 15.2. The van der Waals surface area contributed by atoms with Crippen molar-refractivity contribution in [1.82, 2.24) is 20.0 Å². The van der Waals surface area contributed by atoms with Gasteiger partial charge in [-0.3, -0.25) is 4.90 Å². The summed E-state index contributed by atoms with van der Waals surface area (Å²) >= 11 is 0. The van der Waals surface area contributed by atoms with E-state index >= 15 is 0 Å². The number of nitrogens with zero attached hydrogens (tertiary/aromatic N) is 3. The van der Waals surface area contributed by atoms with Gasteiger partial charge >= 0.3 is 0 Å². The van der Waals surface area contributed by atoms with Gasteiger partial charge in [-0.2, -0.15) is 0 Å². The lowest BCUT2D eigenvalue weighted by molar-refractivity contribution is 0.0785. The Kier molecular flexibility index (Phi) is 6.07. The minimum Gasteiger partial charge on any atom is -0.314 e. The molecule has 19 heavy (non-hydrogen) atoms. The fraction of sp³-hybridized carbons (Fsp3) is 1.00. The summed E-state index contributed by atoms with van der Waals surface area (Å²) in [5.74, 6) is 0. The second-order valence-electron chi connectivity index (χ2n) is 6.40. The van der Waals surface area contributed by atoms with Gasteiger partial charge in [0.25, 0.3) is 0 Å². The van der Waals surface area contributed by atoms with Crippen LogP contribution < -0.4 is 5.32 Å². The highest BCUT2D eigenvalue weighted by atomic mass is 15.3. The molecule has 2 fully saturated rings. The number of rotatable bonds is 3. The van der Waals surface area contributed by atoms with Gasteiger partial charge in [0.2, 0.25) is 0 Å². The van der Waals surface area contributed by atoms with Crippen molar-refractivity contribution in [3.05, 3.63) is 0 Å². The first-order valence-corrected chi connectivity index (χ1v) is 8.03. The minimum atomic E-state index is 0.714. The van der Waals surface area contributed by atoms with Crippen LogP contribution in [0.3, 0.4) is 0 Å². The average molecular weight is 268 g/mol. The number of likely N-dealkylation sites (N-methyl/N-ethyl adjacent to an activating group) is 2. The van der Waals surface area contributed by atoms with Crippen molar-refractivity contribution >= 4 is 0 Å². The molecule has 0 spiro atoms. The molecule has 0 aromatic carbocycles. The molecule has 1 N–H and O–H groups in total. The fourth-order valence-corrected chi connectivity index (χ4v) is 3.29. The highest BCUT2D eigenvalue weighted by molar-refractivity contribution is 4.83. The highest BCUT2D eigenvalue weighted by Crippen LogP contribution is 2.11. The van der Waals surface area contributed by atoms with Crippen LogP contribution in [-0.2, 0) is 0 Å². The van der Waals surface area contributed by atoms with Gasteiger partial charge in [-0.25, -0.2) is 0 Å². The molecule has 2 aliphatic heterocycles. The molecule has 0 amide bonds. The van der Waals surface area contributed by atoms with Crippen molar-refractivity contribution in [2.45, 2.75) is 38.3 Å². The van der Waals surface area contributed by atoms with Crippen molar-refractivity contribution < 1.29 is 0 Å². The molecule has 0 aromatic heterocycles. The van der Waals surface area contributed by atoms with Crippen molar-refractivity contribution in [2.75, 3.05) is 59.9 Å². The lowest BCUT2D eigenvalue weighted by atomic mass is 10.1. The first-order valence-electron chi connectivity index (χ1n) is 8.03. The zero-order valence-corrected chi connectivity index (χ0v) is 13.1. The van der Waals surface area contributed by atoms with Crippen LogP contribution in [0.5, 0.6) is 0 Å². The third kappa shape index (κ3) is 4.71. The Hall–Kier alpha value is -0.160. The Morgan fingerprint density at radius 3 is 2.74 bits per heavy atom. The molecule has 2 unspecified atom stereocenters. The van der Waals surface area contributed by atoms with E-state index in [9.17, 15) is 0 Å². The third-order valence-electron chi connectivity index (χ3n) is 4.82. The predicted octanol–water partition coefficient (Wildman–Crippen LogP) is 0.696. The van der Waals surface area contributed by atoms with Crippen LogP contribution in [0.2, 0.25) is 0 Å². The van der Waals surface area contributed by atoms with Gasteiger partial charge in [0, 0.05) is 38.3 Å². The second kappa shape index (κ2) is 7.58. The second-order valence-corrected chi connectivity index (χ2v) is 6.40. The summed E-state index contributed by atoms with van der Waals surface area (Å²) in [5, 5.41) is 3.67. The number of hydrogen-bond donors (Lipinski definition) is 1. The van der Waals surface area contributed by atoms with Crippen LogP contribution in [0.25, 0.3) is 0 Å². The van der Waals surface area contributed by atoms with Crippen molar-refractivity contribution in [3.63, 3.8) is 0 Å². The van der Waals surface area contributed by atoms with E-state index in [-0.39, 0.29) is 0 Å². The monoisotopic (exact) mass is 268 g/mol. The summed E-state index contributed by atoms with van der Waals surface area (Å²) in [4.78, 5) is 7.73. The summed E-state index contributed by atoms with van der Waals surface area (Å²) in [5.41, 5.74) is 0. The SMILES string of the molecule is CCC1CCN(CC2CN(C)CCN2C)CCCN1. The molecular formula is C15H32N4. The molecule has 0 radical (unpaired) electrons. The molecule has 0 saturated carbocycles. The van der Waals surface area contributed by atoms with Crippen molar-refractivity contribution in [1.29, 1.82) is 0 Å². The molecule has 0 bridgehead atoms. The van der Waals surface area contributed by atoms with Crippen LogP contribution in [0.4, 0.5) is 0 Å². The number of nitrogens with one attached hydrogen (secondary N) is 1. The van der Waals surface area contributed by atoms with Gasteiger partial charge in [-0.15, -0.1) is 0 Å². The Morgan fingerprint density at radius 1 is 1.11 bits per heavy atom. The average Bonchev–Trinajstić information content (AvgIpc) is 2.37. The maximum absolute atomic E-state index is 3.67. The minimum absolute atomic E-state index is 0.714. The van der Waals surface area contributed by atoms with E-state index in [1.165, 1.54) is 65.1 Å². The van der Waals surface area contributed by atoms with E-state index < -0.39 is 0 Å². The van der Waals surface area contributed by atoms with Crippen molar-refractivity contribution in [3.8, 4) is 0 Å². The first-order chi connectivity index (χ1) is 9.19.